The molecule has 2 aliphatic heterocycles. The van der Waals surface area contributed by atoms with Crippen LogP contribution in [0.2, 0.25) is 0 Å². The summed E-state index contributed by atoms with van der Waals surface area (Å²) in [5.74, 6) is 1.59. The lowest BCUT2D eigenvalue weighted by atomic mass is 9.77. The first kappa shape index (κ1) is 15.5. The van der Waals surface area contributed by atoms with Crippen molar-refractivity contribution in [2.24, 2.45) is 23.7 Å². The van der Waals surface area contributed by atoms with Crippen LogP contribution in [0, 0.1) is 23.7 Å². The Morgan fingerprint density at radius 1 is 0.609 bits per heavy atom. The molecular formula is C19H30N2O2. The Morgan fingerprint density at radius 3 is 1.39 bits per heavy atom. The van der Waals surface area contributed by atoms with Crippen LogP contribution in [0.4, 0.5) is 0 Å². The van der Waals surface area contributed by atoms with Gasteiger partial charge in [-0.2, -0.15) is 0 Å². The average molecular weight is 318 g/mol. The number of likely N-dealkylation sites (tertiary alicyclic amines) is 2. The fourth-order valence-electron chi connectivity index (χ4n) is 5.65. The molecule has 4 rings (SSSR count). The second-order valence-corrected chi connectivity index (χ2v) is 8.16. The van der Waals surface area contributed by atoms with Crippen LogP contribution in [-0.4, -0.2) is 47.8 Å². The average Bonchev–Trinajstić information content (AvgIpc) is 3.23. The third-order valence-electron chi connectivity index (χ3n) is 6.82. The predicted molar refractivity (Wildman–Crippen MR) is 88.7 cm³/mol. The lowest BCUT2D eigenvalue weighted by Gasteiger charge is -2.38. The first-order chi connectivity index (χ1) is 11.3. The van der Waals surface area contributed by atoms with E-state index < -0.39 is 0 Å². The van der Waals surface area contributed by atoms with E-state index in [1.54, 1.807) is 0 Å². The van der Waals surface area contributed by atoms with E-state index in [-0.39, 0.29) is 11.8 Å². The zero-order chi connectivity index (χ0) is 15.8. The fraction of sp³-hybridized carbons (Fsp3) is 0.895. The van der Waals surface area contributed by atoms with Gasteiger partial charge < -0.3 is 9.80 Å². The van der Waals surface area contributed by atoms with Gasteiger partial charge in [0.05, 0.1) is 11.8 Å². The first-order valence-corrected chi connectivity index (χ1v) is 9.83. The summed E-state index contributed by atoms with van der Waals surface area (Å²) in [6, 6.07) is 0. The van der Waals surface area contributed by atoms with Gasteiger partial charge in [0, 0.05) is 26.2 Å². The van der Waals surface area contributed by atoms with Crippen molar-refractivity contribution in [1.29, 1.82) is 0 Å². The molecule has 2 bridgehead atoms. The zero-order valence-electron chi connectivity index (χ0n) is 14.2. The molecule has 2 saturated heterocycles. The second kappa shape index (κ2) is 6.45. The summed E-state index contributed by atoms with van der Waals surface area (Å²) in [6.45, 7) is 3.66. The normalized spacial score (nSPS) is 37.2. The van der Waals surface area contributed by atoms with Gasteiger partial charge in [0.25, 0.3) is 0 Å². The van der Waals surface area contributed by atoms with Crippen LogP contribution in [0.25, 0.3) is 0 Å². The SMILES string of the molecule is O=C(C1C2CCC(C2)C1C(=O)N1CCCCC1)N1CCCCC1. The van der Waals surface area contributed by atoms with E-state index in [0.29, 0.717) is 23.7 Å². The summed E-state index contributed by atoms with van der Waals surface area (Å²) in [4.78, 5) is 30.4. The van der Waals surface area contributed by atoms with Gasteiger partial charge >= 0.3 is 0 Å². The lowest BCUT2D eigenvalue weighted by molar-refractivity contribution is -0.149. The Kier molecular flexibility index (Phi) is 4.33. The Morgan fingerprint density at radius 2 is 1.00 bits per heavy atom. The molecule has 0 aromatic carbocycles. The number of amides is 2. The number of carbonyl (C=O) groups is 2. The summed E-state index contributed by atoms with van der Waals surface area (Å²) in [7, 11) is 0. The van der Waals surface area contributed by atoms with Gasteiger partial charge in [-0.1, -0.05) is 0 Å². The minimum atomic E-state index is 0.00118. The van der Waals surface area contributed by atoms with Gasteiger partial charge in [0.2, 0.25) is 11.8 Å². The van der Waals surface area contributed by atoms with E-state index in [0.717, 1.165) is 58.3 Å². The van der Waals surface area contributed by atoms with Crippen molar-refractivity contribution in [1.82, 2.24) is 9.80 Å². The fourth-order valence-corrected chi connectivity index (χ4v) is 5.65. The Bertz CT molecular complexity index is 424. The number of piperidine rings is 2. The molecule has 2 amide bonds. The molecule has 2 aliphatic carbocycles. The zero-order valence-corrected chi connectivity index (χ0v) is 14.2. The van der Waals surface area contributed by atoms with Gasteiger partial charge in [0.15, 0.2) is 0 Å². The molecule has 0 aromatic rings. The summed E-state index contributed by atoms with van der Waals surface area (Å²) >= 11 is 0. The molecular weight excluding hydrogens is 288 g/mol. The number of hydrogen-bond acceptors (Lipinski definition) is 2. The predicted octanol–water partition coefficient (Wildman–Crippen LogP) is 2.67. The third-order valence-corrected chi connectivity index (χ3v) is 6.82. The maximum absolute atomic E-state index is 13.1. The van der Waals surface area contributed by atoms with Gasteiger partial charge in [-0.3, -0.25) is 9.59 Å². The molecule has 0 spiro atoms. The molecule has 4 atom stereocenters. The number of carbonyl (C=O) groups excluding carboxylic acids is 2. The molecule has 2 saturated carbocycles. The highest BCUT2D eigenvalue weighted by Gasteiger charge is 2.55. The van der Waals surface area contributed by atoms with Crippen molar-refractivity contribution in [3.8, 4) is 0 Å². The first-order valence-electron chi connectivity index (χ1n) is 9.83. The van der Waals surface area contributed by atoms with Gasteiger partial charge in [-0.25, -0.2) is 0 Å². The summed E-state index contributed by atoms with van der Waals surface area (Å²) in [5.41, 5.74) is 0. The number of fused-ring (bicyclic) bond motifs is 2. The lowest BCUT2D eigenvalue weighted by Crippen LogP contribution is -2.49. The van der Waals surface area contributed by atoms with Crippen molar-refractivity contribution in [3.63, 3.8) is 0 Å². The molecule has 0 aromatic heterocycles. The Labute approximate surface area is 139 Å². The smallest absolute Gasteiger partial charge is 0.226 e. The maximum Gasteiger partial charge on any atom is 0.226 e. The minimum absolute atomic E-state index is 0.00118. The van der Waals surface area contributed by atoms with E-state index >= 15 is 0 Å². The van der Waals surface area contributed by atoms with Crippen LogP contribution in [-0.2, 0) is 9.59 Å². The van der Waals surface area contributed by atoms with Crippen LogP contribution in [0.15, 0.2) is 0 Å². The second-order valence-electron chi connectivity index (χ2n) is 8.16. The largest absolute Gasteiger partial charge is 0.342 e. The molecule has 0 radical (unpaired) electrons. The standard InChI is InChI=1S/C19H30N2O2/c22-18(20-9-3-1-4-10-20)16-14-7-8-15(13-14)17(16)19(23)21-11-5-2-6-12-21/h14-17H,1-13H2. The minimum Gasteiger partial charge on any atom is -0.342 e. The van der Waals surface area contributed by atoms with Crippen LogP contribution in [0.1, 0.15) is 57.8 Å². The van der Waals surface area contributed by atoms with E-state index in [4.69, 9.17) is 0 Å². The maximum atomic E-state index is 13.1. The van der Waals surface area contributed by atoms with Gasteiger partial charge in [-0.15, -0.1) is 0 Å². The highest BCUT2D eigenvalue weighted by molar-refractivity contribution is 5.89. The third kappa shape index (κ3) is 2.78. The highest BCUT2D eigenvalue weighted by Crippen LogP contribution is 2.53. The Balaban J connectivity index is 1.51. The Hall–Kier alpha value is -1.06. The van der Waals surface area contributed by atoms with Crippen molar-refractivity contribution in [3.05, 3.63) is 0 Å². The topological polar surface area (TPSA) is 40.6 Å². The van der Waals surface area contributed by atoms with E-state index in [2.05, 4.69) is 9.80 Å². The molecule has 0 N–H and O–H groups in total. The number of hydrogen-bond donors (Lipinski definition) is 0. The monoisotopic (exact) mass is 318 g/mol. The molecule has 23 heavy (non-hydrogen) atoms. The summed E-state index contributed by atoms with van der Waals surface area (Å²) in [6.07, 6.45) is 10.5. The molecule has 4 unspecified atom stereocenters. The quantitative estimate of drug-likeness (QED) is 0.785. The van der Waals surface area contributed by atoms with Crippen LogP contribution in [0.3, 0.4) is 0 Å². The van der Waals surface area contributed by atoms with Crippen LogP contribution >= 0.6 is 0 Å². The molecule has 4 nitrogen and oxygen atoms in total. The van der Waals surface area contributed by atoms with Crippen LogP contribution < -0.4 is 0 Å². The summed E-state index contributed by atoms with van der Waals surface area (Å²) < 4.78 is 0. The van der Waals surface area contributed by atoms with Crippen molar-refractivity contribution >= 4 is 11.8 Å². The van der Waals surface area contributed by atoms with E-state index in [1.165, 1.54) is 25.7 Å². The molecule has 4 fully saturated rings. The number of nitrogens with zero attached hydrogens (tertiary/aromatic N) is 2. The van der Waals surface area contributed by atoms with Crippen molar-refractivity contribution < 1.29 is 9.59 Å². The molecule has 4 heteroatoms. The highest BCUT2D eigenvalue weighted by atomic mass is 16.2. The van der Waals surface area contributed by atoms with Crippen molar-refractivity contribution in [2.75, 3.05) is 26.2 Å². The molecule has 2 heterocycles. The van der Waals surface area contributed by atoms with Crippen molar-refractivity contribution in [2.45, 2.75) is 57.8 Å². The molecule has 128 valence electrons. The van der Waals surface area contributed by atoms with E-state index in [1.807, 2.05) is 0 Å². The summed E-state index contributed by atoms with van der Waals surface area (Å²) in [5, 5.41) is 0. The van der Waals surface area contributed by atoms with E-state index in [9.17, 15) is 9.59 Å². The van der Waals surface area contributed by atoms with Crippen LogP contribution in [0.5, 0.6) is 0 Å². The van der Waals surface area contributed by atoms with Gasteiger partial charge in [0.1, 0.15) is 0 Å². The molecule has 4 aliphatic rings. The number of rotatable bonds is 2. The van der Waals surface area contributed by atoms with Gasteiger partial charge in [-0.05, 0) is 69.6 Å².